The Morgan fingerprint density at radius 1 is 1.42 bits per heavy atom. The lowest BCUT2D eigenvalue weighted by Gasteiger charge is -2.37. The third kappa shape index (κ3) is 3.14. The molecule has 1 fully saturated rings. The molecule has 1 aliphatic rings. The van der Waals surface area contributed by atoms with E-state index in [0.717, 1.165) is 13.0 Å². The number of carboxylic acid groups (broad SMARTS) is 1. The number of hydrogen-bond donors (Lipinski definition) is 2. The van der Waals surface area contributed by atoms with Gasteiger partial charge in [0.05, 0.1) is 13.2 Å². The van der Waals surface area contributed by atoms with Crippen LogP contribution in [0.1, 0.15) is 16.7 Å². The number of aliphatic carboxylic acids is 1. The fraction of sp³-hybridized carbons (Fsp3) is 0.533. The van der Waals surface area contributed by atoms with E-state index in [1.807, 2.05) is 0 Å². The smallest absolute Gasteiger partial charge is 0.315 e. The maximum absolute atomic E-state index is 11.1. The van der Waals surface area contributed by atoms with E-state index in [4.69, 9.17) is 9.84 Å². The highest BCUT2D eigenvalue weighted by Gasteiger charge is 2.45. The van der Waals surface area contributed by atoms with E-state index in [1.165, 1.54) is 16.7 Å². The number of carbonyl (C=O) groups is 1. The molecule has 1 aromatic carbocycles. The Morgan fingerprint density at radius 2 is 2.16 bits per heavy atom. The summed E-state index contributed by atoms with van der Waals surface area (Å²) in [7, 11) is 0. The van der Waals surface area contributed by atoms with Crippen molar-refractivity contribution < 1.29 is 14.6 Å². The number of benzene rings is 1. The largest absolute Gasteiger partial charge is 0.481 e. The van der Waals surface area contributed by atoms with Crippen LogP contribution in [0.4, 0.5) is 0 Å². The predicted molar refractivity (Wildman–Crippen MR) is 73.4 cm³/mol. The first-order valence-corrected chi connectivity index (χ1v) is 6.61. The topological polar surface area (TPSA) is 58.6 Å². The molecule has 19 heavy (non-hydrogen) atoms. The van der Waals surface area contributed by atoms with E-state index in [2.05, 4.69) is 37.4 Å². The molecule has 1 aliphatic heterocycles. The highest BCUT2D eigenvalue weighted by Crippen LogP contribution is 2.26. The summed E-state index contributed by atoms with van der Waals surface area (Å²) in [6, 6.07) is 6.43. The Kier molecular flexibility index (Phi) is 4.22. The summed E-state index contributed by atoms with van der Waals surface area (Å²) < 4.78 is 5.03. The van der Waals surface area contributed by atoms with Gasteiger partial charge < -0.3 is 15.2 Å². The van der Waals surface area contributed by atoms with E-state index in [-0.39, 0.29) is 0 Å². The van der Waals surface area contributed by atoms with Crippen molar-refractivity contribution >= 4 is 5.97 Å². The van der Waals surface area contributed by atoms with Crippen LogP contribution >= 0.6 is 0 Å². The molecule has 4 heteroatoms. The third-order valence-corrected chi connectivity index (χ3v) is 3.75. The van der Waals surface area contributed by atoms with Crippen LogP contribution in [0.2, 0.25) is 0 Å². The lowest BCUT2D eigenvalue weighted by molar-refractivity contribution is -0.178. The Bertz CT molecular complexity index is 466. The molecule has 1 heterocycles. The molecular weight excluding hydrogens is 242 g/mol. The van der Waals surface area contributed by atoms with Gasteiger partial charge in [-0.3, -0.25) is 4.79 Å². The minimum atomic E-state index is -0.766. The van der Waals surface area contributed by atoms with Crippen LogP contribution < -0.4 is 5.32 Å². The van der Waals surface area contributed by atoms with E-state index in [1.54, 1.807) is 0 Å². The third-order valence-electron chi connectivity index (χ3n) is 3.75. The molecule has 4 nitrogen and oxygen atoms in total. The summed E-state index contributed by atoms with van der Waals surface area (Å²) in [5.74, 6) is -0.766. The van der Waals surface area contributed by atoms with Crippen molar-refractivity contribution in [1.82, 2.24) is 5.32 Å². The molecule has 0 radical (unpaired) electrons. The van der Waals surface area contributed by atoms with Crippen molar-refractivity contribution in [2.24, 2.45) is 5.41 Å². The molecule has 1 aromatic rings. The first-order chi connectivity index (χ1) is 9.03. The number of aryl methyl sites for hydroxylation is 2. The average molecular weight is 263 g/mol. The van der Waals surface area contributed by atoms with Gasteiger partial charge in [-0.25, -0.2) is 0 Å². The molecule has 1 saturated heterocycles. The van der Waals surface area contributed by atoms with Crippen molar-refractivity contribution in [2.75, 3.05) is 26.3 Å². The lowest BCUT2D eigenvalue weighted by Crippen LogP contribution is -2.55. The van der Waals surface area contributed by atoms with Crippen molar-refractivity contribution in [3.63, 3.8) is 0 Å². The monoisotopic (exact) mass is 263 g/mol. The second kappa shape index (κ2) is 5.72. The zero-order valence-electron chi connectivity index (χ0n) is 11.5. The van der Waals surface area contributed by atoms with Gasteiger partial charge in [0, 0.05) is 6.54 Å². The van der Waals surface area contributed by atoms with E-state index in [9.17, 15) is 4.79 Å². The summed E-state index contributed by atoms with van der Waals surface area (Å²) in [5.41, 5.74) is 3.16. The zero-order chi connectivity index (χ0) is 13.9. The Labute approximate surface area is 113 Å². The van der Waals surface area contributed by atoms with Crippen LogP contribution in [-0.2, 0) is 16.0 Å². The fourth-order valence-corrected chi connectivity index (χ4v) is 2.27. The fourth-order valence-electron chi connectivity index (χ4n) is 2.27. The minimum absolute atomic E-state index is 0.318. The predicted octanol–water partition coefficient (Wildman–Crippen LogP) is 1.54. The van der Waals surface area contributed by atoms with Crippen molar-refractivity contribution in [1.29, 1.82) is 0 Å². The minimum Gasteiger partial charge on any atom is -0.481 e. The SMILES string of the molecule is Cc1ccc(C)c(CCNCC2(C(=O)O)COC2)c1. The molecule has 0 amide bonds. The molecule has 104 valence electrons. The van der Waals surface area contributed by atoms with Gasteiger partial charge in [0.2, 0.25) is 0 Å². The van der Waals surface area contributed by atoms with E-state index >= 15 is 0 Å². The summed E-state index contributed by atoms with van der Waals surface area (Å²) >= 11 is 0. The molecule has 0 atom stereocenters. The standard InChI is InChI=1S/C15H21NO3/c1-11-3-4-12(2)13(7-11)5-6-16-8-15(14(17)18)9-19-10-15/h3-4,7,16H,5-6,8-10H2,1-2H3,(H,17,18). The Hall–Kier alpha value is -1.39. The number of ether oxygens (including phenoxy) is 1. The molecule has 0 bridgehead atoms. The maximum Gasteiger partial charge on any atom is 0.315 e. The van der Waals surface area contributed by atoms with Crippen LogP contribution in [0, 0.1) is 19.3 Å². The van der Waals surface area contributed by atoms with Gasteiger partial charge in [0.15, 0.2) is 0 Å². The summed E-state index contributed by atoms with van der Waals surface area (Å²) in [5, 5.41) is 12.4. The first-order valence-electron chi connectivity index (χ1n) is 6.61. The Balaban J connectivity index is 1.81. The molecule has 2 rings (SSSR count). The highest BCUT2D eigenvalue weighted by atomic mass is 16.5. The molecule has 2 N–H and O–H groups in total. The zero-order valence-corrected chi connectivity index (χ0v) is 11.5. The normalized spacial score (nSPS) is 16.9. The van der Waals surface area contributed by atoms with Crippen LogP contribution in [0.5, 0.6) is 0 Å². The van der Waals surface area contributed by atoms with Gasteiger partial charge in [-0.05, 0) is 37.9 Å². The second-order valence-corrected chi connectivity index (χ2v) is 5.43. The maximum atomic E-state index is 11.1. The molecule has 0 unspecified atom stereocenters. The second-order valence-electron chi connectivity index (χ2n) is 5.43. The highest BCUT2D eigenvalue weighted by molar-refractivity contribution is 5.76. The van der Waals surface area contributed by atoms with Crippen LogP contribution in [-0.4, -0.2) is 37.4 Å². The quantitative estimate of drug-likeness (QED) is 0.764. The number of hydrogen-bond acceptors (Lipinski definition) is 3. The van der Waals surface area contributed by atoms with Crippen molar-refractivity contribution in [3.05, 3.63) is 34.9 Å². The first kappa shape index (κ1) is 14.0. The van der Waals surface area contributed by atoms with E-state index < -0.39 is 11.4 Å². The van der Waals surface area contributed by atoms with Crippen LogP contribution in [0.15, 0.2) is 18.2 Å². The number of nitrogens with one attached hydrogen (secondary N) is 1. The summed E-state index contributed by atoms with van der Waals surface area (Å²) in [4.78, 5) is 11.1. The van der Waals surface area contributed by atoms with Gasteiger partial charge in [-0.1, -0.05) is 23.8 Å². The number of rotatable bonds is 6. The van der Waals surface area contributed by atoms with Crippen LogP contribution in [0.3, 0.4) is 0 Å². The molecule has 0 aliphatic carbocycles. The van der Waals surface area contributed by atoms with E-state index in [0.29, 0.717) is 19.8 Å². The lowest BCUT2D eigenvalue weighted by atomic mass is 9.86. The molecule has 0 spiro atoms. The van der Waals surface area contributed by atoms with Gasteiger partial charge >= 0.3 is 5.97 Å². The van der Waals surface area contributed by atoms with Crippen molar-refractivity contribution in [2.45, 2.75) is 20.3 Å². The van der Waals surface area contributed by atoms with Gasteiger partial charge in [-0.2, -0.15) is 0 Å². The molecule has 0 saturated carbocycles. The van der Waals surface area contributed by atoms with Gasteiger partial charge in [0.25, 0.3) is 0 Å². The average Bonchev–Trinajstić information content (AvgIpc) is 2.30. The summed E-state index contributed by atoms with van der Waals surface area (Å²) in [6.07, 6.45) is 0.921. The molecular formula is C15H21NO3. The molecule has 0 aromatic heterocycles. The van der Waals surface area contributed by atoms with Gasteiger partial charge in [-0.15, -0.1) is 0 Å². The Morgan fingerprint density at radius 3 is 2.74 bits per heavy atom. The summed E-state index contributed by atoms with van der Waals surface area (Å²) in [6.45, 7) is 6.10. The number of carboxylic acids is 1. The van der Waals surface area contributed by atoms with Crippen molar-refractivity contribution in [3.8, 4) is 0 Å². The van der Waals surface area contributed by atoms with Crippen LogP contribution in [0.25, 0.3) is 0 Å². The van der Waals surface area contributed by atoms with Gasteiger partial charge in [0.1, 0.15) is 5.41 Å².